The van der Waals surface area contributed by atoms with Crippen molar-refractivity contribution < 1.29 is 19.4 Å². The van der Waals surface area contributed by atoms with Crippen LogP contribution in [0.25, 0.3) is 0 Å². The summed E-state index contributed by atoms with van der Waals surface area (Å²) in [5.41, 5.74) is 5.77. The lowest BCUT2D eigenvalue weighted by atomic mass is 10.2. The van der Waals surface area contributed by atoms with E-state index in [-0.39, 0.29) is 0 Å². The highest BCUT2D eigenvalue weighted by Crippen LogP contribution is 2.27. The summed E-state index contributed by atoms with van der Waals surface area (Å²) >= 11 is 5.79. The van der Waals surface area contributed by atoms with Gasteiger partial charge in [-0.05, 0) is 18.2 Å². The third-order valence-corrected chi connectivity index (χ3v) is 2.39. The topological polar surface area (TPSA) is 102 Å². The van der Waals surface area contributed by atoms with Gasteiger partial charge in [-0.15, -0.1) is 0 Å². The predicted molar refractivity (Wildman–Crippen MR) is 66.9 cm³/mol. The number of carbonyl (C=O) groups is 2. The van der Waals surface area contributed by atoms with Crippen LogP contribution < -0.4 is 15.8 Å². The van der Waals surface area contributed by atoms with Crippen molar-refractivity contribution in [3.63, 3.8) is 0 Å². The molecule has 0 heterocycles. The van der Waals surface area contributed by atoms with Gasteiger partial charge >= 0.3 is 5.97 Å². The van der Waals surface area contributed by atoms with E-state index in [0.717, 1.165) is 0 Å². The van der Waals surface area contributed by atoms with Gasteiger partial charge in [-0.25, -0.2) is 0 Å². The van der Waals surface area contributed by atoms with Crippen molar-refractivity contribution in [3.05, 3.63) is 23.2 Å². The standard InChI is InChI=1S/C11H13ClN2O4/c1-18-9-3-2-6(12)4-8(9)14-11(17)7(13)5-10(15)16/h2-4,7H,5,13H2,1H3,(H,14,17)(H,15,16). The van der Waals surface area contributed by atoms with Crippen LogP contribution in [-0.4, -0.2) is 30.1 Å². The molecule has 1 amide bonds. The molecule has 7 heteroatoms. The van der Waals surface area contributed by atoms with E-state index >= 15 is 0 Å². The summed E-state index contributed by atoms with van der Waals surface area (Å²) in [5.74, 6) is -1.34. The molecule has 6 nitrogen and oxygen atoms in total. The Morgan fingerprint density at radius 2 is 2.22 bits per heavy atom. The maximum absolute atomic E-state index is 11.6. The maximum atomic E-state index is 11.6. The number of nitrogens with two attached hydrogens (primary N) is 1. The monoisotopic (exact) mass is 272 g/mol. The Morgan fingerprint density at radius 1 is 1.56 bits per heavy atom. The van der Waals surface area contributed by atoms with E-state index in [4.69, 9.17) is 27.2 Å². The molecular weight excluding hydrogens is 260 g/mol. The van der Waals surface area contributed by atoms with Crippen LogP contribution in [0.15, 0.2) is 18.2 Å². The van der Waals surface area contributed by atoms with E-state index in [1.165, 1.54) is 13.2 Å². The van der Waals surface area contributed by atoms with Crippen molar-refractivity contribution >= 4 is 29.2 Å². The van der Waals surface area contributed by atoms with E-state index in [1.807, 2.05) is 0 Å². The number of nitrogens with one attached hydrogen (secondary N) is 1. The van der Waals surface area contributed by atoms with Gasteiger partial charge in [0, 0.05) is 5.02 Å². The quantitative estimate of drug-likeness (QED) is 0.745. The van der Waals surface area contributed by atoms with E-state index in [1.54, 1.807) is 12.1 Å². The van der Waals surface area contributed by atoms with Crippen molar-refractivity contribution in [2.45, 2.75) is 12.5 Å². The summed E-state index contributed by atoms with van der Waals surface area (Å²) in [6.07, 6.45) is -0.450. The van der Waals surface area contributed by atoms with Crippen LogP contribution in [0.3, 0.4) is 0 Å². The molecule has 0 radical (unpaired) electrons. The number of ether oxygens (including phenoxy) is 1. The molecule has 1 rings (SSSR count). The average molecular weight is 273 g/mol. The molecule has 0 saturated carbocycles. The molecule has 1 atom stereocenters. The summed E-state index contributed by atoms with van der Waals surface area (Å²) in [4.78, 5) is 22.1. The smallest absolute Gasteiger partial charge is 0.305 e. The van der Waals surface area contributed by atoms with Gasteiger partial charge in [0.25, 0.3) is 0 Å². The number of carboxylic acid groups (broad SMARTS) is 1. The molecule has 18 heavy (non-hydrogen) atoms. The van der Waals surface area contributed by atoms with Crippen LogP contribution in [0, 0.1) is 0 Å². The second-order valence-corrected chi connectivity index (χ2v) is 3.97. The van der Waals surface area contributed by atoms with Crippen molar-refractivity contribution in [2.75, 3.05) is 12.4 Å². The molecule has 0 aromatic heterocycles. The number of rotatable bonds is 5. The first-order valence-corrected chi connectivity index (χ1v) is 5.43. The molecule has 98 valence electrons. The highest BCUT2D eigenvalue weighted by atomic mass is 35.5. The molecule has 0 saturated heterocycles. The summed E-state index contributed by atoms with van der Waals surface area (Å²) in [6, 6.07) is 3.55. The average Bonchev–Trinajstić information content (AvgIpc) is 2.28. The number of anilines is 1. The number of methoxy groups -OCH3 is 1. The zero-order chi connectivity index (χ0) is 13.7. The summed E-state index contributed by atoms with van der Waals surface area (Å²) in [5, 5.41) is 11.4. The molecule has 0 fully saturated rings. The zero-order valence-corrected chi connectivity index (χ0v) is 10.4. The predicted octanol–water partition coefficient (Wildman–Crippen LogP) is 1.09. The van der Waals surface area contributed by atoms with E-state index in [9.17, 15) is 9.59 Å². The number of benzene rings is 1. The van der Waals surface area contributed by atoms with Gasteiger partial charge in [0.05, 0.1) is 25.3 Å². The number of carboxylic acids is 1. The fourth-order valence-electron chi connectivity index (χ4n) is 1.28. The largest absolute Gasteiger partial charge is 0.495 e. The second-order valence-electron chi connectivity index (χ2n) is 3.54. The highest BCUT2D eigenvalue weighted by molar-refractivity contribution is 6.31. The van der Waals surface area contributed by atoms with Crippen LogP contribution in [0.1, 0.15) is 6.42 Å². The molecule has 0 aliphatic rings. The molecule has 0 bridgehead atoms. The Morgan fingerprint density at radius 3 is 2.78 bits per heavy atom. The fraction of sp³-hybridized carbons (Fsp3) is 0.273. The molecular formula is C11H13ClN2O4. The first kappa shape index (κ1) is 14.3. The molecule has 1 aromatic carbocycles. The third-order valence-electron chi connectivity index (χ3n) is 2.15. The van der Waals surface area contributed by atoms with Gasteiger partial charge in [0.1, 0.15) is 5.75 Å². The molecule has 0 aliphatic heterocycles. The Bertz CT molecular complexity index is 464. The normalized spacial score (nSPS) is 11.7. The number of hydrogen-bond acceptors (Lipinski definition) is 4. The van der Waals surface area contributed by atoms with Crippen molar-refractivity contribution in [3.8, 4) is 5.75 Å². The Kier molecular flexibility index (Phi) is 4.94. The lowest BCUT2D eigenvalue weighted by Gasteiger charge is -2.13. The lowest BCUT2D eigenvalue weighted by Crippen LogP contribution is -2.37. The maximum Gasteiger partial charge on any atom is 0.305 e. The van der Waals surface area contributed by atoms with Gasteiger partial charge in [-0.3, -0.25) is 9.59 Å². The lowest BCUT2D eigenvalue weighted by molar-refractivity contribution is -0.138. The Hall–Kier alpha value is -1.79. The van der Waals surface area contributed by atoms with Gasteiger partial charge in [-0.2, -0.15) is 0 Å². The van der Waals surface area contributed by atoms with Gasteiger partial charge in [0.2, 0.25) is 5.91 Å². The molecule has 4 N–H and O–H groups in total. The van der Waals surface area contributed by atoms with Crippen LogP contribution in [0.4, 0.5) is 5.69 Å². The van der Waals surface area contributed by atoms with E-state index in [2.05, 4.69) is 5.32 Å². The summed E-state index contributed by atoms with van der Waals surface area (Å²) < 4.78 is 5.03. The van der Waals surface area contributed by atoms with Crippen molar-refractivity contribution in [2.24, 2.45) is 5.73 Å². The van der Waals surface area contributed by atoms with Gasteiger partial charge in [0.15, 0.2) is 0 Å². The molecule has 0 aliphatic carbocycles. The number of carbonyl (C=O) groups excluding carboxylic acids is 1. The van der Waals surface area contributed by atoms with E-state index < -0.39 is 24.3 Å². The summed E-state index contributed by atoms with van der Waals surface area (Å²) in [7, 11) is 1.44. The molecule has 1 unspecified atom stereocenters. The first-order chi connectivity index (χ1) is 8.43. The van der Waals surface area contributed by atoms with Crippen LogP contribution in [0.2, 0.25) is 5.02 Å². The zero-order valence-electron chi connectivity index (χ0n) is 9.64. The Balaban J connectivity index is 2.80. The molecule has 1 aromatic rings. The first-order valence-electron chi connectivity index (χ1n) is 5.06. The molecule has 0 spiro atoms. The van der Waals surface area contributed by atoms with Crippen molar-refractivity contribution in [1.29, 1.82) is 0 Å². The van der Waals surface area contributed by atoms with Crippen LogP contribution >= 0.6 is 11.6 Å². The number of hydrogen-bond donors (Lipinski definition) is 3. The minimum atomic E-state index is -1.14. The Labute approximate surface area is 109 Å². The number of amides is 1. The van der Waals surface area contributed by atoms with Crippen LogP contribution in [-0.2, 0) is 9.59 Å². The van der Waals surface area contributed by atoms with E-state index in [0.29, 0.717) is 16.5 Å². The fourth-order valence-corrected chi connectivity index (χ4v) is 1.46. The second kappa shape index (κ2) is 6.23. The number of aliphatic carboxylic acids is 1. The van der Waals surface area contributed by atoms with Crippen LogP contribution in [0.5, 0.6) is 5.75 Å². The summed E-state index contributed by atoms with van der Waals surface area (Å²) in [6.45, 7) is 0. The minimum absolute atomic E-state index is 0.343. The third kappa shape index (κ3) is 3.90. The van der Waals surface area contributed by atoms with Gasteiger partial charge < -0.3 is 20.9 Å². The minimum Gasteiger partial charge on any atom is -0.495 e. The van der Waals surface area contributed by atoms with Gasteiger partial charge in [-0.1, -0.05) is 11.6 Å². The van der Waals surface area contributed by atoms with Crippen molar-refractivity contribution in [1.82, 2.24) is 0 Å². The highest BCUT2D eigenvalue weighted by Gasteiger charge is 2.18. The SMILES string of the molecule is COc1ccc(Cl)cc1NC(=O)C(N)CC(=O)O. The number of halogens is 1.